The molecule has 0 N–H and O–H groups in total. The van der Waals surface area contributed by atoms with E-state index in [2.05, 4.69) is 191 Å². The van der Waals surface area contributed by atoms with Gasteiger partial charge in [-0.1, -0.05) is 169 Å². The number of hydrogen-bond donors (Lipinski definition) is 0. The highest BCUT2D eigenvalue weighted by atomic mass is 15.1. The number of benzene rings is 7. The minimum absolute atomic E-state index is 0.0742. The minimum Gasteiger partial charge on any atom is -0.310 e. The van der Waals surface area contributed by atoms with Crippen LogP contribution in [0.3, 0.4) is 0 Å². The number of fused-ring (bicyclic) bond motifs is 9. The number of anilines is 3. The standard InChI is InChI=1S/C55H53N/c1-6-36-32-41(7-2)55(42(8-3)33-36)49-21-14-11-18-45(49)47-35-40(27-31-50(47)55)38-24-28-43(29-25-38)56(44-30-26-37-16-9-10-17-39(37)34-44)52-23-15-22-51-53(52)46-19-12-13-20-48(46)54(51,4)5/h9-31,34-36,41-42H,6-8,32-33H2,1-5H3. The second-order valence-corrected chi connectivity index (χ2v) is 17.4. The molecular weight excluding hydrogens is 675 g/mol. The summed E-state index contributed by atoms with van der Waals surface area (Å²) in [4.78, 5) is 2.48. The number of nitrogens with zero attached hydrogens (tertiary/aromatic N) is 1. The fourth-order valence-corrected chi connectivity index (χ4v) is 11.8. The maximum absolute atomic E-state index is 2.53. The first-order valence-electron chi connectivity index (χ1n) is 21.3. The van der Waals surface area contributed by atoms with Gasteiger partial charge in [-0.3, -0.25) is 0 Å². The summed E-state index contributed by atoms with van der Waals surface area (Å²) in [5, 5.41) is 2.50. The quantitative estimate of drug-likeness (QED) is 0.158. The second kappa shape index (κ2) is 13.4. The Bertz CT molecular complexity index is 2590. The van der Waals surface area contributed by atoms with Crippen molar-refractivity contribution in [3.8, 4) is 33.4 Å². The van der Waals surface area contributed by atoms with Crippen LogP contribution in [0.1, 0.15) is 89.0 Å². The van der Waals surface area contributed by atoms with Gasteiger partial charge in [-0.25, -0.2) is 0 Å². The predicted molar refractivity (Wildman–Crippen MR) is 238 cm³/mol. The molecule has 0 aromatic heterocycles. The third kappa shape index (κ3) is 5.05. The fourth-order valence-electron chi connectivity index (χ4n) is 11.8. The lowest BCUT2D eigenvalue weighted by Crippen LogP contribution is -2.47. The fraction of sp³-hybridized carbons (Fsp3) is 0.273. The van der Waals surface area contributed by atoms with Gasteiger partial charge >= 0.3 is 0 Å². The highest BCUT2D eigenvalue weighted by Gasteiger charge is 2.55. The van der Waals surface area contributed by atoms with E-state index in [4.69, 9.17) is 0 Å². The Labute approximate surface area is 334 Å². The van der Waals surface area contributed by atoms with Crippen LogP contribution < -0.4 is 4.90 Å². The molecule has 10 rings (SSSR count). The van der Waals surface area contributed by atoms with Crippen LogP contribution in [0.15, 0.2) is 152 Å². The van der Waals surface area contributed by atoms with Crippen LogP contribution in [0.4, 0.5) is 17.1 Å². The van der Waals surface area contributed by atoms with Gasteiger partial charge in [-0.2, -0.15) is 0 Å². The van der Waals surface area contributed by atoms with Crippen LogP contribution in [0.25, 0.3) is 44.2 Å². The Morgan fingerprint density at radius 1 is 0.482 bits per heavy atom. The first-order chi connectivity index (χ1) is 27.4. The van der Waals surface area contributed by atoms with Gasteiger partial charge in [-0.05, 0) is 128 Å². The van der Waals surface area contributed by atoms with Crippen molar-refractivity contribution in [2.45, 2.75) is 77.6 Å². The normalized spacial score (nSPS) is 21.4. The SMILES string of the molecule is CCC1CC(CC)C2(c3ccccc3-c3cc(-c4ccc(N(c5ccc6ccccc6c5)c5cccc6c5-c5ccccc5C6(C)C)cc4)ccc32)C(CC)C1. The summed E-state index contributed by atoms with van der Waals surface area (Å²) >= 11 is 0. The summed E-state index contributed by atoms with van der Waals surface area (Å²) in [5.41, 5.74) is 17.6. The summed E-state index contributed by atoms with van der Waals surface area (Å²) in [6.45, 7) is 12.0. The summed E-state index contributed by atoms with van der Waals surface area (Å²) in [6.07, 6.45) is 6.42. The maximum Gasteiger partial charge on any atom is 0.0543 e. The van der Waals surface area contributed by atoms with Crippen molar-refractivity contribution in [2.24, 2.45) is 17.8 Å². The Kier molecular flexibility index (Phi) is 8.37. The molecule has 2 unspecified atom stereocenters. The first kappa shape index (κ1) is 35.0. The van der Waals surface area contributed by atoms with Crippen molar-refractivity contribution < 1.29 is 0 Å². The lowest BCUT2D eigenvalue weighted by molar-refractivity contribution is 0.0905. The Balaban J connectivity index is 1.10. The van der Waals surface area contributed by atoms with Gasteiger partial charge < -0.3 is 4.90 Å². The van der Waals surface area contributed by atoms with Gasteiger partial charge in [0.25, 0.3) is 0 Å². The first-order valence-corrected chi connectivity index (χ1v) is 21.3. The molecule has 7 aromatic carbocycles. The molecular formula is C55H53N. The van der Waals surface area contributed by atoms with Gasteiger partial charge in [0, 0.05) is 27.8 Å². The van der Waals surface area contributed by atoms with E-state index in [1.807, 2.05) is 0 Å². The molecule has 2 atom stereocenters. The molecule has 3 aliphatic rings. The number of hydrogen-bond acceptors (Lipinski definition) is 1. The van der Waals surface area contributed by atoms with Gasteiger partial charge in [0.1, 0.15) is 0 Å². The topological polar surface area (TPSA) is 3.24 Å². The van der Waals surface area contributed by atoms with Crippen LogP contribution in [-0.2, 0) is 10.8 Å². The Morgan fingerprint density at radius 3 is 1.82 bits per heavy atom. The molecule has 1 fully saturated rings. The summed E-state index contributed by atoms with van der Waals surface area (Å²) in [6, 6.07) is 57.8. The zero-order valence-electron chi connectivity index (χ0n) is 33.6. The van der Waals surface area contributed by atoms with E-state index in [1.54, 1.807) is 11.1 Å². The number of rotatable bonds is 7. The van der Waals surface area contributed by atoms with E-state index in [-0.39, 0.29) is 10.8 Å². The van der Waals surface area contributed by atoms with Crippen molar-refractivity contribution in [2.75, 3.05) is 4.90 Å². The van der Waals surface area contributed by atoms with Crippen molar-refractivity contribution in [3.63, 3.8) is 0 Å². The van der Waals surface area contributed by atoms with E-state index >= 15 is 0 Å². The molecule has 56 heavy (non-hydrogen) atoms. The van der Waals surface area contributed by atoms with Gasteiger partial charge in [0.15, 0.2) is 0 Å². The lowest BCUT2D eigenvalue weighted by atomic mass is 9.52. The van der Waals surface area contributed by atoms with Crippen LogP contribution in [0, 0.1) is 17.8 Å². The van der Waals surface area contributed by atoms with E-state index in [9.17, 15) is 0 Å². The van der Waals surface area contributed by atoms with Crippen molar-refractivity contribution >= 4 is 27.8 Å². The van der Waals surface area contributed by atoms with Crippen molar-refractivity contribution in [3.05, 3.63) is 174 Å². The largest absolute Gasteiger partial charge is 0.310 e. The highest BCUT2D eigenvalue weighted by molar-refractivity contribution is 5.97. The third-order valence-electron chi connectivity index (χ3n) is 14.5. The molecule has 0 aliphatic heterocycles. The molecule has 0 saturated heterocycles. The van der Waals surface area contributed by atoms with Gasteiger partial charge in [0.2, 0.25) is 0 Å². The summed E-state index contributed by atoms with van der Waals surface area (Å²) < 4.78 is 0. The van der Waals surface area contributed by atoms with E-state index in [0.717, 1.165) is 11.6 Å². The molecule has 1 spiro atoms. The molecule has 1 nitrogen and oxygen atoms in total. The molecule has 0 radical (unpaired) electrons. The lowest BCUT2D eigenvalue weighted by Gasteiger charge is -2.51. The molecule has 0 heterocycles. The molecule has 0 amide bonds. The maximum atomic E-state index is 2.53. The zero-order chi connectivity index (χ0) is 38.2. The average Bonchev–Trinajstić information content (AvgIpc) is 3.67. The zero-order valence-corrected chi connectivity index (χ0v) is 33.6. The summed E-state index contributed by atoms with van der Waals surface area (Å²) in [5.74, 6) is 2.16. The van der Waals surface area contributed by atoms with Gasteiger partial charge in [-0.15, -0.1) is 0 Å². The average molecular weight is 728 g/mol. The van der Waals surface area contributed by atoms with Crippen LogP contribution in [0.2, 0.25) is 0 Å². The Hall–Kier alpha value is -5.40. The second-order valence-electron chi connectivity index (χ2n) is 17.4. The molecule has 7 aromatic rings. The van der Waals surface area contributed by atoms with Gasteiger partial charge in [0.05, 0.1) is 5.69 Å². The van der Waals surface area contributed by atoms with Crippen LogP contribution in [-0.4, -0.2) is 0 Å². The highest BCUT2D eigenvalue weighted by Crippen LogP contribution is 2.63. The smallest absolute Gasteiger partial charge is 0.0543 e. The molecule has 1 heteroatoms. The van der Waals surface area contributed by atoms with E-state index in [0.29, 0.717) is 11.8 Å². The minimum atomic E-state index is -0.0742. The van der Waals surface area contributed by atoms with E-state index < -0.39 is 0 Å². The predicted octanol–water partition coefficient (Wildman–Crippen LogP) is 15.4. The van der Waals surface area contributed by atoms with Crippen molar-refractivity contribution in [1.29, 1.82) is 0 Å². The monoisotopic (exact) mass is 727 g/mol. The Morgan fingerprint density at radius 2 is 1.09 bits per heavy atom. The molecule has 3 aliphatic carbocycles. The third-order valence-corrected chi connectivity index (χ3v) is 14.5. The molecule has 278 valence electrons. The van der Waals surface area contributed by atoms with Crippen LogP contribution in [0.5, 0.6) is 0 Å². The molecule has 0 bridgehead atoms. The summed E-state index contributed by atoms with van der Waals surface area (Å²) in [7, 11) is 0. The van der Waals surface area contributed by atoms with E-state index in [1.165, 1.54) is 98.8 Å². The van der Waals surface area contributed by atoms with Crippen LogP contribution >= 0.6 is 0 Å². The molecule has 1 saturated carbocycles. The van der Waals surface area contributed by atoms with Crippen molar-refractivity contribution in [1.82, 2.24) is 0 Å².